The summed E-state index contributed by atoms with van der Waals surface area (Å²) in [6.07, 6.45) is 0. The molecule has 0 heterocycles. The first kappa shape index (κ1) is 21.9. The minimum Gasteiger partial charge on any atom is -0.489 e. The summed E-state index contributed by atoms with van der Waals surface area (Å²) in [5, 5.41) is 3.46. The van der Waals surface area contributed by atoms with Crippen LogP contribution in [0.5, 0.6) is 5.75 Å². The second-order valence-electron chi connectivity index (χ2n) is 8.65. The lowest BCUT2D eigenvalue weighted by Gasteiger charge is -2.19. The predicted molar refractivity (Wildman–Crippen MR) is 125 cm³/mol. The van der Waals surface area contributed by atoms with E-state index in [-0.39, 0.29) is 11.3 Å². The molecule has 30 heavy (non-hydrogen) atoms. The van der Waals surface area contributed by atoms with Crippen molar-refractivity contribution in [3.05, 3.63) is 93.5 Å². The summed E-state index contributed by atoms with van der Waals surface area (Å²) in [7, 11) is 0. The molecule has 0 aliphatic carbocycles. The number of amides is 1. The standard InChI is InChI=1S/C26H28ClNO2/c1-17-14-18(2)24(23(27)15-17)28-25(29)20-8-6-19(7-9-20)16-30-22-12-10-21(11-13-22)26(3,4)5/h6-15H,16H2,1-5H3,(H,28,29). The van der Waals surface area contributed by atoms with E-state index < -0.39 is 0 Å². The molecule has 0 radical (unpaired) electrons. The van der Waals surface area contributed by atoms with Crippen LogP contribution < -0.4 is 10.1 Å². The summed E-state index contributed by atoms with van der Waals surface area (Å²) >= 11 is 6.29. The number of carbonyl (C=O) groups is 1. The highest BCUT2D eigenvalue weighted by molar-refractivity contribution is 6.34. The number of halogens is 1. The Kier molecular flexibility index (Phi) is 6.52. The lowest BCUT2D eigenvalue weighted by Crippen LogP contribution is -2.13. The monoisotopic (exact) mass is 421 g/mol. The highest BCUT2D eigenvalue weighted by atomic mass is 35.5. The lowest BCUT2D eigenvalue weighted by molar-refractivity contribution is 0.102. The van der Waals surface area contributed by atoms with Crippen molar-refractivity contribution in [2.75, 3.05) is 5.32 Å². The molecule has 0 saturated carbocycles. The quantitative estimate of drug-likeness (QED) is 0.477. The number of carbonyl (C=O) groups excluding carboxylic acids is 1. The van der Waals surface area contributed by atoms with Crippen LogP contribution in [0.25, 0.3) is 0 Å². The fraction of sp³-hybridized carbons (Fsp3) is 0.269. The highest BCUT2D eigenvalue weighted by Crippen LogP contribution is 2.28. The number of ether oxygens (including phenoxy) is 1. The van der Waals surface area contributed by atoms with Crippen LogP contribution in [0.2, 0.25) is 5.02 Å². The SMILES string of the molecule is Cc1cc(C)c(NC(=O)c2ccc(COc3ccc(C(C)(C)C)cc3)cc2)c(Cl)c1. The third-order valence-electron chi connectivity index (χ3n) is 5.01. The molecule has 1 N–H and O–H groups in total. The van der Waals surface area contributed by atoms with Crippen molar-refractivity contribution in [2.45, 2.75) is 46.6 Å². The summed E-state index contributed by atoms with van der Waals surface area (Å²) in [5.74, 6) is 0.642. The van der Waals surface area contributed by atoms with Crippen LogP contribution in [0.1, 0.15) is 53.4 Å². The minimum absolute atomic E-state index is 0.121. The van der Waals surface area contributed by atoms with Crippen LogP contribution in [0, 0.1) is 13.8 Å². The fourth-order valence-electron chi connectivity index (χ4n) is 3.23. The van der Waals surface area contributed by atoms with Gasteiger partial charge in [0.15, 0.2) is 0 Å². The minimum atomic E-state index is -0.186. The molecule has 0 unspecified atom stereocenters. The Balaban J connectivity index is 1.61. The van der Waals surface area contributed by atoms with Crippen LogP contribution in [0.3, 0.4) is 0 Å². The summed E-state index contributed by atoms with van der Waals surface area (Å²) in [6.45, 7) is 10.9. The number of hydrogen-bond acceptors (Lipinski definition) is 2. The van der Waals surface area contributed by atoms with Crippen molar-refractivity contribution in [3.8, 4) is 5.75 Å². The molecular formula is C26H28ClNO2. The van der Waals surface area contributed by atoms with Crippen molar-refractivity contribution < 1.29 is 9.53 Å². The van der Waals surface area contributed by atoms with Gasteiger partial charge in [-0.25, -0.2) is 0 Å². The molecule has 0 atom stereocenters. The van der Waals surface area contributed by atoms with E-state index in [0.29, 0.717) is 22.9 Å². The van der Waals surface area contributed by atoms with Crippen LogP contribution in [-0.4, -0.2) is 5.91 Å². The maximum atomic E-state index is 12.6. The summed E-state index contributed by atoms with van der Waals surface area (Å²) in [6, 6.07) is 19.4. The Hall–Kier alpha value is -2.78. The number of nitrogens with one attached hydrogen (secondary N) is 1. The van der Waals surface area contributed by atoms with Crippen LogP contribution in [0.15, 0.2) is 60.7 Å². The van der Waals surface area contributed by atoms with Gasteiger partial charge in [0.25, 0.3) is 5.91 Å². The molecule has 4 heteroatoms. The fourth-order valence-corrected chi connectivity index (χ4v) is 3.60. The molecule has 0 aromatic heterocycles. The van der Waals surface area contributed by atoms with Crippen LogP contribution >= 0.6 is 11.6 Å². The normalized spacial score (nSPS) is 11.3. The maximum Gasteiger partial charge on any atom is 0.255 e. The van der Waals surface area contributed by atoms with Gasteiger partial charge in [0.05, 0.1) is 10.7 Å². The Labute approximate surface area is 184 Å². The molecule has 0 saturated heterocycles. The lowest BCUT2D eigenvalue weighted by atomic mass is 9.87. The molecule has 3 aromatic carbocycles. The van der Waals surface area contributed by atoms with E-state index in [0.717, 1.165) is 22.4 Å². The number of benzene rings is 3. The molecule has 0 fully saturated rings. The third kappa shape index (κ3) is 5.43. The van der Waals surface area contributed by atoms with E-state index in [1.54, 1.807) is 12.1 Å². The second kappa shape index (κ2) is 8.93. The van der Waals surface area contributed by atoms with E-state index in [4.69, 9.17) is 16.3 Å². The molecule has 3 aromatic rings. The zero-order valence-electron chi connectivity index (χ0n) is 18.2. The number of anilines is 1. The Morgan fingerprint density at radius 3 is 2.17 bits per heavy atom. The molecule has 0 bridgehead atoms. The number of rotatable bonds is 5. The first-order chi connectivity index (χ1) is 14.1. The van der Waals surface area contributed by atoms with Crippen LogP contribution in [-0.2, 0) is 12.0 Å². The summed E-state index contributed by atoms with van der Waals surface area (Å²) < 4.78 is 5.88. The van der Waals surface area contributed by atoms with Crippen molar-refractivity contribution >= 4 is 23.2 Å². The molecule has 3 nitrogen and oxygen atoms in total. The molecule has 1 amide bonds. The van der Waals surface area contributed by atoms with Gasteiger partial charge in [-0.1, -0.05) is 62.7 Å². The number of aryl methyl sites for hydroxylation is 2. The van der Waals surface area contributed by atoms with Gasteiger partial charge in [0.1, 0.15) is 12.4 Å². The molecule has 156 valence electrons. The van der Waals surface area contributed by atoms with Crippen LogP contribution in [0.4, 0.5) is 5.69 Å². The van der Waals surface area contributed by atoms with E-state index in [1.165, 1.54) is 5.56 Å². The molecule has 3 rings (SSSR count). The van der Waals surface area contributed by atoms with E-state index >= 15 is 0 Å². The first-order valence-electron chi connectivity index (χ1n) is 10.0. The maximum absolute atomic E-state index is 12.6. The van der Waals surface area contributed by atoms with E-state index in [9.17, 15) is 4.79 Å². The molecule has 0 spiro atoms. The van der Waals surface area contributed by atoms with Gasteiger partial charge in [-0.3, -0.25) is 4.79 Å². The highest BCUT2D eigenvalue weighted by Gasteiger charge is 2.13. The Morgan fingerprint density at radius 1 is 0.967 bits per heavy atom. The van der Waals surface area contributed by atoms with Gasteiger partial charge in [-0.2, -0.15) is 0 Å². The van der Waals surface area contributed by atoms with Gasteiger partial charge in [-0.05, 0) is 71.8 Å². The molecular weight excluding hydrogens is 394 g/mol. The van der Waals surface area contributed by atoms with Crippen molar-refractivity contribution in [3.63, 3.8) is 0 Å². The van der Waals surface area contributed by atoms with Crippen molar-refractivity contribution in [2.24, 2.45) is 0 Å². The molecule has 0 aliphatic heterocycles. The van der Waals surface area contributed by atoms with Gasteiger partial charge >= 0.3 is 0 Å². The Bertz CT molecular complexity index is 1010. The van der Waals surface area contributed by atoms with Gasteiger partial charge < -0.3 is 10.1 Å². The van der Waals surface area contributed by atoms with Crippen molar-refractivity contribution in [1.82, 2.24) is 0 Å². The largest absolute Gasteiger partial charge is 0.489 e. The summed E-state index contributed by atoms with van der Waals surface area (Å²) in [4.78, 5) is 12.6. The zero-order valence-corrected chi connectivity index (χ0v) is 18.9. The Morgan fingerprint density at radius 2 is 1.60 bits per heavy atom. The van der Waals surface area contributed by atoms with Gasteiger partial charge in [0.2, 0.25) is 0 Å². The zero-order chi connectivity index (χ0) is 21.9. The molecule has 0 aliphatic rings. The third-order valence-corrected chi connectivity index (χ3v) is 5.31. The average molecular weight is 422 g/mol. The van der Waals surface area contributed by atoms with E-state index in [1.807, 2.05) is 50.2 Å². The second-order valence-corrected chi connectivity index (χ2v) is 9.06. The van der Waals surface area contributed by atoms with Gasteiger partial charge in [0, 0.05) is 5.56 Å². The first-order valence-corrected chi connectivity index (χ1v) is 10.4. The number of hydrogen-bond donors (Lipinski definition) is 1. The van der Waals surface area contributed by atoms with Crippen molar-refractivity contribution in [1.29, 1.82) is 0 Å². The van der Waals surface area contributed by atoms with Gasteiger partial charge in [-0.15, -0.1) is 0 Å². The smallest absolute Gasteiger partial charge is 0.255 e. The summed E-state index contributed by atoms with van der Waals surface area (Å²) in [5.41, 5.74) is 5.62. The van der Waals surface area contributed by atoms with E-state index in [2.05, 4.69) is 38.2 Å². The topological polar surface area (TPSA) is 38.3 Å². The predicted octanol–water partition coefficient (Wildman–Crippen LogP) is 7.09. The average Bonchev–Trinajstić information content (AvgIpc) is 2.69.